The maximum atomic E-state index is 8.65. The van der Waals surface area contributed by atoms with Crippen molar-refractivity contribution in [3.05, 3.63) is 35.9 Å². The van der Waals surface area contributed by atoms with Crippen LogP contribution in [0, 0.1) is 0 Å². The first-order valence-electron chi connectivity index (χ1n) is 4.81. The Balaban J connectivity index is 2.10. The summed E-state index contributed by atoms with van der Waals surface area (Å²) in [6.07, 6.45) is 0.888. The molecular formula is C11H17NO2. The molecule has 3 nitrogen and oxygen atoms in total. The molecule has 1 unspecified atom stereocenters. The molecule has 3 heteroatoms. The van der Waals surface area contributed by atoms with Gasteiger partial charge in [0.25, 0.3) is 0 Å². The number of nitrogens with two attached hydrogens (primary N) is 1. The highest BCUT2D eigenvalue weighted by Gasteiger charge is 1.99. The molecule has 0 aliphatic heterocycles. The molecule has 1 atom stereocenters. The Morgan fingerprint density at radius 1 is 1.29 bits per heavy atom. The number of aliphatic hydroxyl groups is 1. The van der Waals surface area contributed by atoms with Gasteiger partial charge >= 0.3 is 0 Å². The minimum atomic E-state index is -0.259. The van der Waals surface area contributed by atoms with E-state index >= 15 is 0 Å². The third-order valence-corrected chi connectivity index (χ3v) is 1.94. The van der Waals surface area contributed by atoms with E-state index < -0.39 is 0 Å². The molecule has 1 rings (SSSR count). The van der Waals surface area contributed by atoms with E-state index in [9.17, 15) is 0 Å². The van der Waals surface area contributed by atoms with E-state index in [0.29, 0.717) is 13.2 Å². The third kappa shape index (κ3) is 4.37. The first-order valence-corrected chi connectivity index (χ1v) is 4.81. The van der Waals surface area contributed by atoms with Gasteiger partial charge in [0.05, 0.1) is 25.9 Å². The lowest BCUT2D eigenvalue weighted by Crippen LogP contribution is -2.30. The van der Waals surface area contributed by atoms with Crippen LogP contribution >= 0.6 is 0 Å². The summed E-state index contributed by atoms with van der Waals surface area (Å²) in [5.41, 5.74) is 6.73. The van der Waals surface area contributed by atoms with Crippen molar-refractivity contribution in [1.82, 2.24) is 0 Å². The normalized spacial score (nSPS) is 12.7. The smallest absolute Gasteiger partial charge is 0.0640 e. The molecular weight excluding hydrogens is 178 g/mol. The Morgan fingerprint density at radius 3 is 2.64 bits per heavy atom. The van der Waals surface area contributed by atoms with Crippen LogP contribution in [-0.4, -0.2) is 31.0 Å². The molecule has 14 heavy (non-hydrogen) atoms. The van der Waals surface area contributed by atoms with Gasteiger partial charge in [0.15, 0.2) is 0 Å². The summed E-state index contributed by atoms with van der Waals surface area (Å²) < 4.78 is 5.31. The quantitative estimate of drug-likeness (QED) is 0.652. The highest BCUT2D eigenvalue weighted by atomic mass is 16.5. The molecule has 0 saturated carbocycles. The predicted octanol–water partition coefficient (Wildman–Crippen LogP) is 0.565. The highest BCUT2D eigenvalue weighted by molar-refractivity contribution is 5.14. The van der Waals surface area contributed by atoms with Crippen molar-refractivity contribution >= 4 is 0 Å². The van der Waals surface area contributed by atoms with Gasteiger partial charge in [-0.1, -0.05) is 30.3 Å². The lowest BCUT2D eigenvalue weighted by atomic mass is 10.2. The van der Waals surface area contributed by atoms with Gasteiger partial charge in [-0.2, -0.15) is 0 Å². The van der Waals surface area contributed by atoms with Crippen LogP contribution in [0.1, 0.15) is 5.56 Å². The Morgan fingerprint density at radius 2 is 2.00 bits per heavy atom. The van der Waals surface area contributed by atoms with E-state index in [1.807, 2.05) is 18.2 Å². The molecule has 0 aromatic heterocycles. The molecule has 0 radical (unpaired) electrons. The van der Waals surface area contributed by atoms with Gasteiger partial charge < -0.3 is 15.6 Å². The Bertz CT molecular complexity index is 238. The first kappa shape index (κ1) is 11.2. The number of rotatable bonds is 6. The summed E-state index contributed by atoms with van der Waals surface area (Å²) >= 11 is 0. The molecule has 3 N–H and O–H groups in total. The summed E-state index contributed by atoms with van der Waals surface area (Å²) in [5.74, 6) is 0. The second kappa shape index (κ2) is 6.54. The second-order valence-electron chi connectivity index (χ2n) is 3.25. The van der Waals surface area contributed by atoms with Gasteiger partial charge in [0, 0.05) is 0 Å². The van der Waals surface area contributed by atoms with Crippen molar-refractivity contribution in [3.63, 3.8) is 0 Å². The molecule has 0 spiro atoms. The van der Waals surface area contributed by atoms with Gasteiger partial charge in [-0.15, -0.1) is 0 Å². The van der Waals surface area contributed by atoms with Crippen molar-refractivity contribution in [3.8, 4) is 0 Å². The minimum absolute atomic E-state index is 0.0225. The fourth-order valence-electron chi connectivity index (χ4n) is 1.12. The van der Waals surface area contributed by atoms with Crippen LogP contribution in [0.25, 0.3) is 0 Å². The fraction of sp³-hybridized carbons (Fsp3) is 0.455. The molecule has 0 amide bonds. The van der Waals surface area contributed by atoms with Crippen molar-refractivity contribution in [2.24, 2.45) is 5.73 Å². The SMILES string of the molecule is NC(CO)COCCc1ccccc1. The van der Waals surface area contributed by atoms with Gasteiger partial charge in [0.2, 0.25) is 0 Å². The minimum Gasteiger partial charge on any atom is -0.395 e. The van der Waals surface area contributed by atoms with Gasteiger partial charge in [-0.05, 0) is 12.0 Å². The average Bonchev–Trinajstić information content (AvgIpc) is 2.25. The molecule has 0 saturated heterocycles. The van der Waals surface area contributed by atoms with Crippen molar-refractivity contribution in [1.29, 1.82) is 0 Å². The number of hydrogen-bond donors (Lipinski definition) is 2. The number of aliphatic hydroxyl groups excluding tert-OH is 1. The second-order valence-corrected chi connectivity index (χ2v) is 3.25. The maximum Gasteiger partial charge on any atom is 0.0640 e. The lowest BCUT2D eigenvalue weighted by Gasteiger charge is -2.08. The van der Waals surface area contributed by atoms with Crippen LogP contribution in [0.3, 0.4) is 0 Å². The lowest BCUT2D eigenvalue weighted by molar-refractivity contribution is 0.103. The van der Waals surface area contributed by atoms with E-state index in [0.717, 1.165) is 6.42 Å². The van der Waals surface area contributed by atoms with E-state index in [-0.39, 0.29) is 12.6 Å². The molecule has 0 aliphatic carbocycles. The average molecular weight is 195 g/mol. The summed E-state index contributed by atoms with van der Waals surface area (Å²) in [6.45, 7) is 1.05. The van der Waals surface area contributed by atoms with E-state index in [4.69, 9.17) is 15.6 Å². The zero-order valence-corrected chi connectivity index (χ0v) is 8.23. The fourth-order valence-corrected chi connectivity index (χ4v) is 1.12. The summed E-state index contributed by atoms with van der Waals surface area (Å²) in [7, 11) is 0. The monoisotopic (exact) mass is 195 g/mol. The van der Waals surface area contributed by atoms with Gasteiger partial charge in [0.1, 0.15) is 0 Å². The summed E-state index contributed by atoms with van der Waals surface area (Å²) in [6, 6.07) is 9.88. The van der Waals surface area contributed by atoms with Crippen LogP contribution < -0.4 is 5.73 Å². The first-order chi connectivity index (χ1) is 6.83. The van der Waals surface area contributed by atoms with Crippen LogP contribution in [0.5, 0.6) is 0 Å². The number of hydrogen-bond acceptors (Lipinski definition) is 3. The van der Waals surface area contributed by atoms with E-state index in [1.165, 1.54) is 5.56 Å². The molecule has 0 aliphatic rings. The highest BCUT2D eigenvalue weighted by Crippen LogP contribution is 1.99. The molecule has 0 heterocycles. The zero-order chi connectivity index (χ0) is 10.2. The zero-order valence-electron chi connectivity index (χ0n) is 8.23. The molecule has 0 fully saturated rings. The molecule has 1 aromatic carbocycles. The van der Waals surface area contributed by atoms with E-state index in [1.54, 1.807) is 0 Å². The Labute approximate surface area is 84.5 Å². The molecule has 78 valence electrons. The van der Waals surface area contributed by atoms with Crippen molar-refractivity contribution in [2.75, 3.05) is 19.8 Å². The van der Waals surface area contributed by atoms with Crippen molar-refractivity contribution < 1.29 is 9.84 Å². The molecule has 1 aromatic rings. The third-order valence-electron chi connectivity index (χ3n) is 1.94. The Kier molecular flexibility index (Phi) is 5.22. The summed E-state index contributed by atoms with van der Waals surface area (Å²) in [5, 5.41) is 8.65. The Hall–Kier alpha value is -0.900. The van der Waals surface area contributed by atoms with Gasteiger partial charge in [-0.25, -0.2) is 0 Å². The number of benzene rings is 1. The maximum absolute atomic E-state index is 8.65. The van der Waals surface area contributed by atoms with Crippen LogP contribution in [0.15, 0.2) is 30.3 Å². The van der Waals surface area contributed by atoms with Crippen molar-refractivity contribution in [2.45, 2.75) is 12.5 Å². The summed E-state index contributed by atoms with van der Waals surface area (Å²) in [4.78, 5) is 0. The standard InChI is InChI=1S/C11H17NO2/c12-11(8-13)9-14-7-6-10-4-2-1-3-5-10/h1-5,11,13H,6-9,12H2. The van der Waals surface area contributed by atoms with Crippen LogP contribution in [-0.2, 0) is 11.2 Å². The number of ether oxygens (including phenoxy) is 1. The molecule has 0 bridgehead atoms. The topological polar surface area (TPSA) is 55.5 Å². The largest absolute Gasteiger partial charge is 0.395 e. The van der Waals surface area contributed by atoms with Gasteiger partial charge in [-0.3, -0.25) is 0 Å². The predicted molar refractivity (Wildman–Crippen MR) is 56.0 cm³/mol. The van der Waals surface area contributed by atoms with Crippen LogP contribution in [0.4, 0.5) is 0 Å². The van der Waals surface area contributed by atoms with E-state index in [2.05, 4.69) is 12.1 Å². The van der Waals surface area contributed by atoms with Crippen LogP contribution in [0.2, 0.25) is 0 Å².